The van der Waals surface area contributed by atoms with Gasteiger partial charge in [-0.3, -0.25) is 9.59 Å². The van der Waals surface area contributed by atoms with Gasteiger partial charge in [-0.1, -0.05) is 12.1 Å². The van der Waals surface area contributed by atoms with Crippen molar-refractivity contribution >= 4 is 17.5 Å². The van der Waals surface area contributed by atoms with Crippen LogP contribution in [0.25, 0.3) is 0 Å². The maximum atomic E-state index is 12.9. The van der Waals surface area contributed by atoms with Crippen molar-refractivity contribution in [1.82, 2.24) is 4.90 Å². The minimum atomic E-state index is -0.255. The van der Waals surface area contributed by atoms with Gasteiger partial charge in [-0.05, 0) is 44.9 Å². The number of hydrogen-bond acceptors (Lipinski definition) is 3. The van der Waals surface area contributed by atoms with Gasteiger partial charge in [-0.15, -0.1) is 0 Å². The second-order valence-electron chi connectivity index (χ2n) is 7.20. The monoisotopic (exact) mass is 330 g/mol. The number of anilines is 1. The summed E-state index contributed by atoms with van der Waals surface area (Å²) in [6.07, 6.45) is 0.390. The summed E-state index contributed by atoms with van der Waals surface area (Å²) in [7, 11) is 0. The first kappa shape index (κ1) is 17.0. The highest BCUT2D eigenvalue weighted by molar-refractivity contribution is 6.00. The van der Waals surface area contributed by atoms with E-state index in [9.17, 15) is 9.59 Å². The van der Waals surface area contributed by atoms with Gasteiger partial charge in [-0.25, -0.2) is 0 Å². The molecule has 2 saturated heterocycles. The second kappa shape index (κ2) is 6.55. The molecule has 2 fully saturated rings. The van der Waals surface area contributed by atoms with Crippen molar-refractivity contribution in [2.45, 2.75) is 46.3 Å². The number of morpholine rings is 1. The third-order valence-corrected chi connectivity index (χ3v) is 4.86. The summed E-state index contributed by atoms with van der Waals surface area (Å²) in [4.78, 5) is 29.0. The van der Waals surface area contributed by atoms with Crippen molar-refractivity contribution in [2.24, 2.45) is 5.92 Å². The van der Waals surface area contributed by atoms with Crippen LogP contribution >= 0.6 is 0 Å². The largest absolute Gasteiger partial charge is 0.372 e. The zero-order valence-electron chi connectivity index (χ0n) is 14.9. The van der Waals surface area contributed by atoms with E-state index in [0.29, 0.717) is 26.1 Å². The van der Waals surface area contributed by atoms with E-state index >= 15 is 0 Å². The quantitative estimate of drug-likeness (QED) is 0.836. The number of ether oxygens (including phenoxy) is 1. The van der Waals surface area contributed by atoms with Crippen LogP contribution in [-0.4, -0.2) is 48.6 Å². The third kappa shape index (κ3) is 3.31. The lowest BCUT2D eigenvalue weighted by Gasteiger charge is -2.36. The fourth-order valence-corrected chi connectivity index (χ4v) is 3.73. The zero-order valence-corrected chi connectivity index (χ0v) is 14.9. The van der Waals surface area contributed by atoms with Crippen LogP contribution in [-0.2, 0) is 14.3 Å². The maximum absolute atomic E-state index is 12.9. The van der Waals surface area contributed by atoms with Crippen molar-refractivity contribution in [3.8, 4) is 0 Å². The van der Waals surface area contributed by atoms with Crippen molar-refractivity contribution in [3.63, 3.8) is 0 Å². The van der Waals surface area contributed by atoms with Gasteiger partial charge >= 0.3 is 0 Å². The molecule has 5 heteroatoms. The number of rotatable bonds is 2. The van der Waals surface area contributed by atoms with E-state index in [1.165, 1.54) is 0 Å². The maximum Gasteiger partial charge on any atom is 0.228 e. The van der Waals surface area contributed by atoms with Gasteiger partial charge in [0.1, 0.15) is 0 Å². The van der Waals surface area contributed by atoms with E-state index in [4.69, 9.17) is 4.74 Å². The van der Waals surface area contributed by atoms with Crippen molar-refractivity contribution in [3.05, 3.63) is 29.3 Å². The Hall–Kier alpha value is -1.88. The molecule has 130 valence electrons. The van der Waals surface area contributed by atoms with Gasteiger partial charge in [0.05, 0.1) is 18.1 Å². The molecule has 0 aromatic heterocycles. The average molecular weight is 330 g/mol. The van der Waals surface area contributed by atoms with Crippen molar-refractivity contribution < 1.29 is 14.3 Å². The fourth-order valence-electron chi connectivity index (χ4n) is 3.73. The molecule has 3 atom stereocenters. The Kier molecular flexibility index (Phi) is 4.63. The topological polar surface area (TPSA) is 49.9 Å². The van der Waals surface area contributed by atoms with Crippen LogP contribution in [0.4, 0.5) is 5.69 Å². The summed E-state index contributed by atoms with van der Waals surface area (Å²) in [6, 6.07) is 6.09. The Morgan fingerprint density at radius 3 is 2.46 bits per heavy atom. The predicted molar refractivity (Wildman–Crippen MR) is 93.0 cm³/mol. The van der Waals surface area contributed by atoms with Gasteiger partial charge in [0.25, 0.3) is 0 Å². The fraction of sp³-hybridized carbons (Fsp3) is 0.579. The lowest BCUT2D eigenvalue weighted by Crippen LogP contribution is -2.50. The Morgan fingerprint density at radius 2 is 1.79 bits per heavy atom. The first-order valence-corrected chi connectivity index (χ1v) is 8.67. The number of hydrogen-bond donors (Lipinski definition) is 0. The highest BCUT2D eigenvalue weighted by atomic mass is 16.5. The van der Waals surface area contributed by atoms with Gasteiger partial charge in [0.2, 0.25) is 11.8 Å². The van der Waals surface area contributed by atoms with E-state index < -0.39 is 0 Å². The van der Waals surface area contributed by atoms with Crippen LogP contribution in [0.5, 0.6) is 0 Å². The molecule has 2 heterocycles. The van der Waals surface area contributed by atoms with E-state index in [1.54, 1.807) is 4.90 Å². The molecule has 0 bridgehead atoms. The van der Waals surface area contributed by atoms with Crippen LogP contribution in [0, 0.1) is 19.8 Å². The smallest absolute Gasteiger partial charge is 0.228 e. The van der Waals surface area contributed by atoms with Gasteiger partial charge in [0, 0.05) is 31.7 Å². The van der Waals surface area contributed by atoms with Gasteiger partial charge < -0.3 is 14.5 Å². The molecule has 3 unspecified atom stereocenters. The Bertz CT molecular complexity index is 648. The number of carbonyl (C=O) groups is 2. The molecule has 2 aliphatic heterocycles. The molecule has 5 nitrogen and oxygen atoms in total. The molecular formula is C19H26N2O3. The SMILES string of the molecule is Cc1ccc(C)c(N2CC(C(=O)N3CC(C)OC(C)C3)CC2=O)c1. The summed E-state index contributed by atoms with van der Waals surface area (Å²) >= 11 is 0. The lowest BCUT2D eigenvalue weighted by atomic mass is 10.1. The molecule has 1 aromatic rings. The normalized spacial score (nSPS) is 27.7. The van der Waals surface area contributed by atoms with E-state index in [-0.39, 0.29) is 29.9 Å². The zero-order chi connectivity index (χ0) is 17.4. The van der Waals surface area contributed by atoms with Crippen molar-refractivity contribution in [2.75, 3.05) is 24.5 Å². The molecule has 0 radical (unpaired) electrons. The molecule has 1 aromatic carbocycles. The second-order valence-corrected chi connectivity index (χ2v) is 7.20. The van der Waals surface area contributed by atoms with E-state index in [1.807, 2.05) is 50.8 Å². The summed E-state index contributed by atoms with van der Waals surface area (Å²) in [5.74, 6) is -0.135. The molecule has 0 N–H and O–H groups in total. The standard InChI is InChI=1S/C19H26N2O3/c1-12-5-6-13(2)17(7-12)21-11-16(8-18(21)22)19(23)20-9-14(3)24-15(4)10-20/h5-7,14-16H,8-11H2,1-4H3. The summed E-state index contributed by atoms with van der Waals surface area (Å²) in [5.41, 5.74) is 3.11. The molecule has 0 saturated carbocycles. The molecular weight excluding hydrogens is 304 g/mol. The van der Waals surface area contributed by atoms with Crippen LogP contribution in [0.2, 0.25) is 0 Å². The van der Waals surface area contributed by atoms with Crippen molar-refractivity contribution in [1.29, 1.82) is 0 Å². The van der Waals surface area contributed by atoms with E-state index in [2.05, 4.69) is 0 Å². The number of nitrogens with zero attached hydrogens (tertiary/aromatic N) is 2. The molecule has 3 rings (SSSR count). The molecule has 2 amide bonds. The Morgan fingerprint density at radius 1 is 1.12 bits per heavy atom. The average Bonchev–Trinajstić information content (AvgIpc) is 2.89. The predicted octanol–water partition coefficient (Wildman–Crippen LogP) is 2.29. The third-order valence-electron chi connectivity index (χ3n) is 4.86. The first-order valence-electron chi connectivity index (χ1n) is 8.67. The molecule has 2 aliphatic rings. The summed E-state index contributed by atoms with van der Waals surface area (Å²) in [5, 5.41) is 0. The number of carbonyl (C=O) groups excluding carboxylic acids is 2. The number of amides is 2. The minimum absolute atomic E-state index is 0.0383. The highest BCUT2D eigenvalue weighted by Gasteiger charge is 2.39. The minimum Gasteiger partial charge on any atom is -0.372 e. The molecule has 0 spiro atoms. The number of benzene rings is 1. The number of aryl methyl sites for hydroxylation is 2. The first-order chi connectivity index (χ1) is 11.3. The Balaban J connectivity index is 1.74. The Labute approximate surface area is 143 Å². The van der Waals surface area contributed by atoms with Crippen LogP contribution in [0.15, 0.2) is 18.2 Å². The van der Waals surface area contributed by atoms with Gasteiger partial charge in [-0.2, -0.15) is 0 Å². The van der Waals surface area contributed by atoms with Crippen LogP contribution < -0.4 is 4.90 Å². The lowest BCUT2D eigenvalue weighted by molar-refractivity contribution is -0.147. The summed E-state index contributed by atoms with van der Waals surface area (Å²) in [6.45, 7) is 9.68. The van der Waals surface area contributed by atoms with Crippen LogP contribution in [0.3, 0.4) is 0 Å². The van der Waals surface area contributed by atoms with Gasteiger partial charge in [0.15, 0.2) is 0 Å². The highest BCUT2D eigenvalue weighted by Crippen LogP contribution is 2.30. The molecule has 0 aliphatic carbocycles. The summed E-state index contributed by atoms with van der Waals surface area (Å²) < 4.78 is 5.70. The molecule has 24 heavy (non-hydrogen) atoms. The van der Waals surface area contributed by atoms with E-state index in [0.717, 1.165) is 16.8 Å². The van der Waals surface area contributed by atoms with Crippen LogP contribution in [0.1, 0.15) is 31.4 Å².